The van der Waals surface area contributed by atoms with Crippen molar-refractivity contribution in [1.29, 1.82) is 0 Å². The summed E-state index contributed by atoms with van der Waals surface area (Å²) in [6.07, 6.45) is 6.61. The van der Waals surface area contributed by atoms with Gasteiger partial charge < -0.3 is 9.47 Å². The average Bonchev–Trinajstić information content (AvgIpc) is 2.55. The molecule has 1 aromatic carbocycles. The van der Waals surface area contributed by atoms with Crippen LogP contribution >= 0.6 is 0 Å². The number of hydrogen-bond acceptors (Lipinski definition) is 4. The molecule has 0 aromatic heterocycles. The van der Waals surface area contributed by atoms with E-state index in [4.69, 9.17) is 9.47 Å². The predicted octanol–water partition coefficient (Wildman–Crippen LogP) is 3.93. The molecule has 0 aliphatic heterocycles. The number of carbonyl (C=O) groups excluding carboxylic acids is 2. The van der Waals surface area contributed by atoms with Gasteiger partial charge in [0.05, 0.1) is 24.3 Å². The van der Waals surface area contributed by atoms with Crippen molar-refractivity contribution in [2.45, 2.75) is 25.7 Å². The van der Waals surface area contributed by atoms with Crippen LogP contribution in [0.2, 0.25) is 0 Å². The molecule has 22 heavy (non-hydrogen) atoms. The van der Waals surface area contributed by atoms with E-state index >= 15 is 0 Å². The number of carbonyl (C=O) groups is 2. The molecule has 0 atom stereocenters. The topological polar surface area (TPSA) is 52.6 Å². The summed E-state index contributed by atoms with van der Waals surface area (Å²) >= 11 is 0. The molecule has 4 heteroatoms. The van der Waals surface area contributed by atoms with Gasteiger partial charge in [0, 0.05) is 0 Å². The summed E-state index contributed by atoms with van der Waals surface area (Å²) in [5.41, 5.74) is 0.693. The molecule has 1 aromatic rings. The van der Waals surface area contributed by atoms with E-state index in [0.717, 1.165) is 25.7 Å². The highest BCUT2D eigenvalue weighted by Crippen LogP contribution is 2.09. The first kappa shape index (κ1) is 17.7. The second-order valence-electron chi connectivity index (χ2n) is 4.71. The van der Waals surface area contributed by atoms with Crippen molar-refractivity contribution in [3.63, 3.8) is 0 Å². The van der Waals surface area contributed by atoms with Crippen LogP contribution in [-0.2, 0) is 9.47 Å². The zero-order valence-corrected chi connectivity index (χ0v) is 12.8. The molecule has 0 saturated carbocycles. The van der Waals surface area contributed by atoms with Gasteiger partial charge in [0.2, 0.25) is 0 Å². The van der Waals surface area contributed by atoms with Gasteiger partial charge in [-0.2, -0.15) is 0 Å². The van der Waals surface area contributed by atoms with Crippen LogP contribution in [0.4, 0.5) is 0 Å². The minimum absolute atomic E-state index is 0.334. The van der Waals surface area contributed by atoms with Crippen molar-refractivity contribution < 1.29 is 19.1 Å². The third kappa shape index (κ3) is 6.39. The highest BCUT2D eigenvalue weighted by Gasteiger charge is 2.12. The summed E-state index contributed by atoms with van der Waals surface area (Å²) in [5, 5.41) is 0. The van der Waals surface area contributed by atoms with E-state index in [0.29, 0.717) is 24.3 Å². The first-order valence-electron chi connectivity index (χ1n) is 7.35. The monoisotopic (exact) mass is 302 g/mol. The number of ether oxygens (including phenoxy) is 2. The molecule has 0 bridgehead atoms. The Labute approximate surface area is 131 Å². The van der Waals surface area contributed by atoms with Crippen LogP contribution in [0, 0.1) is 0 Å². The number of unbranched alkanes of at least 4 members (excludes halogenated alkanes) is 2. The van der Waals surface area contributed by atoms with Crippen molar-refractivity contribution in [2.24, 2.45) is 0 Å². The highest BCUT2D eigenvalue weighted by molar-refractivity contribution is 5.95. The second-order valence-corrected chi connectivity index (χ2v) is 4.71. The van der Waals surface area contributed by atoms with E-state index in [2.05, 4.69) is 13.2 Å². The lowest BCUT2D eigenvalue weighted by Crippen LogP contribution is -2.10. The van der Waals surface area contributed by atoms with Crippen LogP contribution in [0.25, 0.3) is 0 Å². The maximum atomic E-state index is 11.9. The van der Waals surface area contributed by atoms with E-state index in [1.54, 1.807) is 30.4 Å². The van der Waals surface area contributed by atoms with Crippen molar-refractivity contribution >= 4 is 11.9 Å². The molecule has 0 N–H and O–H groups in total. The van der Waals surface area contributed by atoms with Crippen LogP contribution in [-0.4, -0.2) is 25.2 Å². The fraction of sp³-hybridized carbons (Fsp3) is 0.333. The van der Waals surface area contributed by atoms with Gasteiger partial charge in [-0.3, -0.25) is 0 Å². The third-order valence-corrected chi connectivity index (χ3v) is 2.91. The Morgan fingerprint density at radius 2 is 1.36 bits per heavy atom. The Bertz CT molecular complexity index is 476. The van der Waals surface area contributed by atoms with E-state index in [9.17, 15) is 9.59 Å². The van der Waals surface area contributed by atoms with Gasteiger partial charge in [-0.25, -0.2) is 9.59 Å². The lowest BCUT2D eigenvalue weighted by molar-refractivity contribution is 0.0500. The Morgan fingerprint density at radius 3 is 1.77 bits per heavy atom. The summed E-state index contributed by atoms with van der Waals surface area (Å²) in [4.78, 5) is 23.7. The summed E-state index contributed by atoms with van der Waals surface area (Å²) in [5.74, 6) is -0.879. The fourth-order valence-corrected chi connectivity index (χ4v) is 1.72. The number of hydrogen-bond donors (Lipinski definition) is 0. The molecular formula is C18H22O4. The molecule has 0 radical (unpaired) electrons. The summed E-state index contributed by atoms with van der Waals surface area (Å²) in [6, 6.07) is 6.36. The lowest BCUT2D eigenvalue weighted by Gasteiger charge is -2.07. The molecule has 0 spiro atoms. The maximum absolute atomic E-state index is 11.9. The van der Waals surface area contributed by atoms with Crippen LogP contribution in [0.15, 0.2) is 49.6 Å². The summed E-state index contributed by atoms with van der Waals surface area (Å²) < 4.78 is 10.3. The number of allylic oxidation sites excluding steroid dienone is 2. The van der Waals surface area contributed by atoms with Crippen LogP contribution in [0.1, 0.15) is 46.4 Å². The zero-order chi connectivity index (χ0) is 16.2. The van der Waals surface area contributed by atoms with Gasteiger partial charge in [0.25, 0.3) is 0 Å². The molecule has 1 rings (SSSR count). The highest BCUT2D eigenvalue weighted by atomic mass is 16.5. The summed E-state index contributed by atoms with van der Waals surface area (Å²) in [6.45, 7) is 7.88. The second kappa shape index (κ2) is 10.4. The normalized spacial score (nSPS) is 9.82. The number of benzene rings is 1. The molecule has 0 fully saturated rings. The molecule has 0 aliphatic rings. The maximum Gasteiger partial charge on any atom is 0.338 e. The van der Waals surface area contributed by atoms with Gasteiger partial charge in [-0.1, -0.05) is 18.2 Å². The number of esters is 2. The Hall–Kier alpha value is -2.36. The quantitative estimate of drug-likeness (QED) is 0.373. The zero-order valence-electron chi connectivity index (χ0n) is 12.8. The molecule has 0 heterocycles. The smallest absolute Gasteiger partial charge is 0.338 e. The van der Waals surface area contributed by atoms with Crippen LogP contribution < -0.4 is 0 Å². The minimum Gasteiger partial charge on any atom is -0.462 e. The Kier molecular flexibility index (Phi) is 8.35. The van der Waals surface area contributed by atoms with E-state index < -0.39 is 11.9 Å². The molecule has 0 saturated heterocycles. The van der Waals surface area contributed by atoms with Gasteiger partial charge in [0.1, 0.15) is 0 Å². The Morgan fingerprint density at radius 1 is 0.909 bits per heavy atom. The van der Waals surface area contributed by atoms with Crippen LogP contribution in [0.3, 0.4) is 0 Å². The predicted molar refractivity (Wildman–Crippen MR) is 85.9 cm³/mol. The average molecular weight is 302 g/mol. The largest absolute Gasteiger partial charge is 0.462 e. The SMILES string of the molecule is C=CCCCOC(=O)c1cccc(C(=O)OCCCC=C)c1. The molecule has 0 aliphatic carbocycles. The minimum atomic E-state index is -0.439. The molecule has 4 nitrogen and oxygen atoms in total. The van der Waals surface area contributed by atoms with E-state index in [1.165, 1.54) is 6.07 Å². The summed E-state index contributed by atoms with van der Waals surface area (Å²) in [7, 11) is 0. The molecule has 0 unspecified atom stereocenters. The van der Waals surface area contributed by atoms with Gasteiger partial charge in [0.15, 0.2) is 0 Å². The first-order valence-corrected chi connectivity index (χ1v) is 7.35. The number of rotatable bonds is 10. The van der Waals surface area contributed by atoms with Crippen molar-refractivity contribution in [3.8, 4) is 0 Å². The first-order chi connectivity index (χ1) is 10.7. The van der Waals surface area contributed by atoms with E-state index in [-0.39, 0.29) is 0 Å². The molecular weight excluding hydrogens is 280 g/mol. The standard InChI is InChI=1S/C18H22O4/c1-3-5-7-12-21-17(19)15-10-9-11-16(14-15)18(20)22-13-8-6-4-2/h3-4,9-11,14H,1-2,5-8,12-13H2. The van der Waals surface area contributed by atoms with Crippen molar-refractivity contribution in [1.82, 2.24) is 0 Å². The van der Waals surface area contributed by atoms with Gasteiger partial charge >= 0.3 is 11.9 Å². The molecule has 0 amide bonds. The lowest BCUT2D eigenvalue weighted by atomic mass is 10.1. The van der Waals surface area contributed by atoms with Crippen molar-refractivity contribution in [3.05, 3.63) is 60.7 Å². The molecule has 118 valence electrons. The fourth-order valence-electron chi connectivity index (χ4n) is 1.72. The third-order valence-electron chi connectivity index (χ3n) is 2.91. The van der Waals surface area contributed by atoms with Crippen molar-refractivity contribution in [2.75, 3.05) is 13.2 Å². The Balaban J connectivity index is 2.53. The van der Waals surface area contributed by atoms with Gasteiger partial charge in [-0.15, -0.1) is 13.2 Å². The van der Waals surface area contributed by atoms with Gasteiger partial charge in [-0.05, 0) is 43.9 Å². The van der Waals surface area contributed by atoms with Crippen LogP contribution in [0.5, 0.6) is 0 Å². The van der Waals surface area contributed by atoms with E-state index in [1.807, 2.05) is 0 Å².